The second kappa shape index (κ2) is 5.65. The van der Waals surface area contributed by atoms with Crippen LogP contribution in [0.5, 0.6) is 5.75 Å². The molecule has 1 aromatic carbocycles. The second-order valence-electron chi connectivity index (χ2n) is 6.32. The van der Waals surface area contributed by atoms with Gasteiger partial charge < -0.3 is 19.1 Å². The lowest BCUT2D eigenvalue weighted by Gasteiger charge is -2.39. The molecule has 1 aromatic heterocycles. The smallest absolute Gasteiger partial charge is 0.186 e. The van der Waals surface area contributed by atoms with Gasteiger partial charge in [0.1, 0.15) is 11.6 Å². The molecule has 0 bridgehead atoms. The van der Waals surface area contributed by atoms with E-state index < -0.39 is 5.79 Å². The molecular weight excluding hydrogens is 292 g/mol. The summed E-state index contributed by atoms with van der Waals surface area (Å²) < 4.78 is 17.1. The molecule has 2 fully saturated rings. The fraction of sp³-hybridized carbons (Fsp3) is 0.500. The standard InChI is InChI=1S/C18H22N2O3/c1-13-10-14-11-15(21-2)4-5-16(14)19-17(13)20-7-3-6-18(12-20)22-8-9-23-18/h4-5,10-11H,3,6-9,12H2,1-2H3. The molecule has 3 heterocycles. The molecule has 5 nitrogen and oxygen atoms in total. The monoisotopic (exact) mass is 314 g/mol. The first-order valence-corrected chi connectivity index (χ1v) is 8.17. The van der Waals surface area contributed by atoms with Crippen molar-refractivity contribution in [2.24, 2.45) is 0 Å². The zero-order chi connectivity index (χ0) is 15.9. The van der Waals surface area contributed by atoms with Gasteiger partial charge in [-0.15, -0.1) is 0 Å². The Hall–Kier alpha value is -1.85. The van der Waals surface area contributed by atoms with E-state index in [4.69, 9.17) is 19.2 Å². The fourth-order valence-electron chi connectivity index (χ4n) is 3.60. The summed E-state index contributed by atoms with van der Waals surface area (Å²) in [6, 6.07) is 8.17. The van der Waals surface area contributed by atoms with Gasteiger partial charge in [0.25, 0.3) is 0 Å². The SMILES string of the molecule is COc1ccc2nc(N3CCCC4(C3)OCCO4)c(C)cc2c1. The average Bonchev–Trinajstić information content (AvgIpc) is 3.01. The van der Waals surface area contributed by atoms with Gasteiger partial charge in [0.05, 0.1) is 32.4 Å². The van der Waals surface area contributed by atoms with Crippen molar-refractivity contribution >= 4 is 16.7 Å². The number of hydrogen-bond donors (Lipinski definition) is 0. The van der Waals surface area contributed by atoms with Crippen molar-refractivity contribution in [1.29, 1.82) is 0 Å². The summed E-state index contributed by atoms with van der Waals surface area (Å²) in [6.45, 7) is 5.24. The van der Waals surface area contributed by atoms with E-state index >= 15 is 0 Å². The summed E-state index contributed by atoms with van der Waals surface area (Å²) in [7, 11) is 1.69. The highest BCUT2D eigenvalue weighted by Gasteiger charge is 2.41. The Kier molecular flexibility index (Phi) is 3.62. The van der Waals surface area contributed by atoms with E-state index in [1.807, 2.05) is 18.2 Å². The van der Waals surface area contributed by atoms with Gasteiger partial charge in [-0.1, -0.05) is 0 Å². The first-order chi connectivity index (χ1) is 11.2. The van der Waals surface area contributed by atoms with Crippen LogP contribution in [-0.2, 0) is 9.47 Å². The van der Waals surface area contributed by atoms with E-state index in [0.717, 1.165) is 48.4 Å². The highest BCUT2D eigenvalue weighted by molar-refractivity contribution is 5.83. The maximum atomic E-state index is 5.88. The predicted octanol–water partition coefficient (Wildman–Crippen LogP) is 2.90. The number of nitrogens with zero attached hydrogens (tertiary/aromatic N) is 2. The van der Waals surface area contributed by atoms with Crippen LogP contribution in [0, 0.1) is 6.92 Å². The number of ether oxygens (including phenoxy) is 3. The third-order valence-corrected chi connectivity index (χ3v) is 4.72. The summed E-state index contributed by atoms with van der Waals surface area (Å²) in [5, 5.41) is 1.10. The summed E-state index contributed by atoms with van der Waals surface area (Å²) in [4.78, 5) is 7.19. The molecule has 122 valence electrons. The fourth-order valence-corrected chi connectivity index (χ4v) is 3.60. The molecule has 0 aliphatic carbocycles. The van der Waals surface area contributed by atoms with Gasteiger partial charge in [0.15, 0.2) is 5.79 Å². The molecule has 0 unspecified atom stereocenters. The molecule has 4 rings (SSSR count). The molecule has 0 saturated carbocycles. The van der Waals surface area contributed by atoms with Crippen LogP contribution in [0.25, 0.3) is 10.9 Å². The lowest BCUT2D eigenvalue weighted by atomic mass is 10.0. The maximum Gasteiger partial charge on any atom is 0.186 e. The van der Waals surface area contributed by atoms with Crippen LogP contribution in [0.2, 0.25) is 0 Å². The van der Waals surface area contributed by atoms with E-state index in [-0.39, 0.29) is 0 Å². The Bertz CT molecular complexity index is 726. The number of benzene rings is 1. The van der Waals surface area contributed by atoms with E-state index in [1.165, 1.54) is 5.56 Å². The molecule has 0 atom stereocenters. The predicted molar refractivity (Wildman–Crippen MR) is 89.1 cm³/mol. The van der Waals surface area contributed by atoms with Crippen LogP contribution >= 0.6 is 0 Å². The molecule has 0 amide bonds. The van der Waals surface area contributed by atoms with Crippen LogP contribution in [0.1, 0.15) is 18.4 Å². The van der Waals surface area contributed by atoms with Crippen molar-refractivity contribution in [3.63, 3.8) is 0 Å². The average molecular weight is 314 g/mol. The minimum Gasteiger partial charge on any atom is -0.497 e. The lowest BCUT2D eigenvalue weighted by Crippen LogP contribution is -2.49. The number of piperidine rings is 1. The van der Waals surface area contributed by atoms with E-state index in [9.17, 15) is 0 Å². The number of pyridine rings is 1. The molecule has 5 heteroatoms. The molecule has 23 heavy (non-hydrogen) atoms. The van der Waals surface area contributed by atoms with Crippen molar-refractivity contribution in [3.05, 3.63) is 29.8 Å². The zero-order valence-corrected chi connectivity index (χ0v) is 13.7. The molecule has 2 saturated heterocycles. The molecule has 0 N–H and O–H groups in total. The van der Waals surface area contributed by atoms with Crippen molar-refractivity contribution < 1.29 is 14.2 Å². The number of aryl methyl sites for hydroxylation is 1. The molecule has 2 aromatic rings. The molecule has 2 aliphatic rings. The van der Waals surface area contributed by atoms with Gasteiger partial charge >= 0.3 is 0 Å². The lowest BCUT2D eigenvalue weighted by molar-refractivity contribution is -0.161. The van der Waals surface area contributed by atoms with Gasteiger partial charge in [-0.05, 0) is 43.2 Å². The Morgan fingerprint density at radius 3 is 2.83 bits per heavy atom. The topological polar surface area (TPSA) is 43.8 Å². The number of methoxy groups -OCH3 is 1. The normalized spacial score (nSPS) is 20.3. The second-order valence-corrected chi connectivity index (χ2v) is 6.32. The Morgan fingerprint density at radius 1 is 1.22 bits per heavy atom. The molecule has 1 spiro atoms. The minimum absolute atomic E-state index is 0.429. The number of aromatic nitrogens is 1. The summed E-state index contributed by atoms with van der Waals surface area (Å²) in [5.41, 5.74) is 2.15. The summed E-state index contributed by atoms with van der Waals surface area (Å²) in [6.07, 6.45) is 2.02. The zero-order valence-electron chi connectivity index (χ0n) is 13.7. The minimum atomic E-state index is -0.429. The number of hydrogen-bond acceptors (Lipinski definition) is 5. The van der Waals surface area contributed by atoms with Crippen LogP contribution in [0.15, 0.2) is 24.3 Å². The van der Waals surface area contributed by atoms with Crippen molar-refractivity contribution in [2.75, 3.05) is 38.3 Å². The van der Waals surface area contributed by atoms with E-state index in [0.29, 0.717) is 13.2 Å². The first-order valence-electron chi connectivity index (χ1n) is 8.17. The van der Waals surface area contributed by atoms with Crippen LogP contribution < -0.4 is 9.64 Å². The maximum absolute atomic E-state index is 5.88. The highest BCUT2D eigenvalue weighted by Crippen LogP contribution is 2.34. The quantitative estimate of drug-likeness (QED) is 0.853. The van der Waals surface area contributed by atoms with Crippen LogP contribution in [0.4, 0.5) is 5.82 Å². The largest absolute Gasteiger partial charge is 0.497 e. The number of anilines is 1. The van der Waals surface area contributed by atoms with Gasteiger partial charge in [-0.3, -0.25) is 0 Å². The van der Waals surface area contributed by atoms with Crippen molar-refractivity contribution in [3.8, 4) is 5.75 Å². The third-order valence-electron chi connectivity index (χ3n) is 4.72. The third kappa shape index (κ3) is 2.64. The molecule has 0 radical (unpaired) electrons. The van der Waals surface area contributed by atoms with Crippen LogP contribution in [-0.4, -0.2) is 44.2 Å². The van der Waals surface area contributed by atoms with Gasteiger partial charge in [0.2, 0.25) is 0 Å². The Morgan fingerprint density at radius 2 is 2.04 bits per heavy atom. The Balaban J connectivity index is 1.69. The van der Waals surface area contributed by atoms with Crippen molar-refractivity contribution in [2.45, 2.75) is 25.6 Å². The highest BCUT2D eigenvalue weighted by atomic mass is 16.7. The molecule has 2 aliphatic heterocycles. The van der Waals surface area contributed by atoms with Crippen LogP contribution in [0.3, 0.4) is 0 Å². The van der Waals surface area contributed by atoms with Crippen molar-refractivity contribution in [1.82, 2.24) is 4.98 Å². The summed E-state index contributed by atoms with van der Waals surface area (Å²) >= 11 is 0. The van der Waals surface area contributed by atoms with Gasteiger partial charge in [0, 0.05) is 18.4 Å². The van der Waals surface area contributed by atoms with E-state index in [2.05, 4.69) is 17.9 Å². The summed E-state index contributed by atoms with van der Waals surface area (Å²) in [5.74, 6) is 1.46. The number of fused-ring (bicyclic) bond motifs is 1. The van der Waals surface area contributed by atoms with E-state index in [1.54, 1.807) is 7.11 Å². The first kappa shape index (κ1) is 14.7. The van der Waals surface area contributed by atoms with Gasteiger partial charge in [-0.25, -0.2) is 4.98 Å². The number of rotatable bonds is 2. The molecular formula is C18H22N2O3. The van der Waals surface area contributed by atoms with Gasteiger partial charge in [-0.2, -0.15) is 0 Å². The Labute approximate surface area is 136 Å².